The summed E-state index contributed by atoms with van der Waals surface area (Å²) < 4.78 is 0. The summed E-state index contributed by atoms with van der Waals surface area (Å²) in [5, 5.41) is 5.81. The van der Waals surface area contributed by atoms with Crippen LogP contribution in [0.15, 0.2) is 17.6 Å². The summed E-state index contributed by atoms with van der Waals surface area (Å²) in [6.07, 6.45) is 1.39. The highest BCUT2D eigenvalue weighted by molar-refractivity contribution is 7.09. The number of rotatable bonds is 3. The molecule has 0 aliphatic carbocycles. The molecule has 1 amide bonds. The first-order valence-corrected chi connectivity index (χ1v) is 6.42. The molecule has 0 atom stereocenters. The summed E-state index contributed by atoms with van der Waals surface area (Å²) in [4.78, 5) is 19.9. The van der Waals surface area contributed by atoms with Crippen molar-refractivity contribution in [3.8, 4) is 0 Å². The number of aryl methyl sites for hydroxylation is 1. The summed E-state index contributed by atoms with van der Waals surface area (Å²) in [5.74, 6) is -0.0407. The number of pyridine rings is 1. The summed E-state index contributed by atoms with van der Waals surface area (Å²) in [7, 11) is 0. The highest BCUT2D eigenvalue weighted by Crippen LogP contribution is 2.16. The molecule has 3 N–H and O–H groups in total. The van der Waals surface area contributed by atoms with Gasteiger partial charge in [-0.1, -0.05) is 11.6 Å². The lowest BCUT2D eigenvalue weighted by Crippen LogP contribution is -2.23. The fourth-order valence-corrected chi connectivity index (χ4v) is 2.19. The lowest BCUT2D eigenvalue weighted by atomic mass is 10.2. The normalized spacial score (nSPS) is 10.3. The van der Waals surface area contributed by atoms with Crippen LogP contribution in [-0.4, -0.2) is 15.9 Å². The molecule has 2 aromatic rings. The molecule has 0 saturated carbocycles. The first-order valence-electron chi connectivity index (χ1n) is 5.16. The summed E-state index contributed by atoms with van der Waals surface area (Å²) in [5.41, 5.74) is 6.80. The van der Waals surface area contributed by atoms with E-state index in [0.717, 1.165) is 10.7 Å². The van der Waals surface area contributed by atoms with Gasteiger partial charge < -0.3 is 11.1 Å². The van der Waals surface area contributed by atoms with E-state index in [9.17, 15) is 4.79 Å². The maximum absolute atomic E-state index is 11.8. The quantitative estimate of drug-likeness (QED) is 0.902. The average molecular weight is 283 g/mol. The Morgan fingerprint density at radius 2 is 2.39 bits per heavy atom. The number of hydrogen-bond acceptors (Lipinski definition) is 5. The predicted octanol–water partition coefficient (Wildman–Crippen LogP) is 2.01. The lowest BCUT2D eigenvalue weighted by Gasteiger charge is -2.04. The molecule has 0 aliphatic heterocycles. The maximum Gasteiger partial charge on any atom is 0.253 e. The zero-order chi connectivity index (χ0) is 13.1. The van der Waals surface area contributed by atoms with Crippen molar-refractivity contribution in [2.45, 2.75) is 13.5 Å². The van der Waals surface area contributed by atoms with E-state index in [1.165, 1.54) is 23.6 Å². The second kappa shape index (κ2) is 5.32. The number of nitrogens with one attached hydrogen (secondary N) is 1. The van der Waals surface area contributed by atoms with Gasteiger partial charge in [0.25, 0.3) is 5.91 Å². The largest absolute Gasteiger partial charge is 0.382 e. The van der Waals surface area contributed by atoms with Gasteiger partial charge in [0.2, 0.25) is 0 Å². The Balaban J connectivity index is 2.01. The van der Waals surface area contributed by atoms with Crippen molar-refractivity contribution in [3.63, 3.8) is 0 Å². The SMILES string of the molecule is Cc1csc(CNC(=O)c2cnc(N)c(Cl)c2)n1. The number of anilines is 1. The molecule has 0 radical (unpaired) electrons. The summed E-state index contributed by atoms with van der Waals surface area (Å²) in [6, 6.07) is 1.49. The molecular formula is C11H11ClN4OS. The van der Waals surface area contributed by atoms with Crippen molar-refractivity contribution >= 4 is 34.7 Å². The number of carbonyl (C=O) groups excluding carboxylic acids is 1. The van der Waals surface area contributed by atoms with E-state index in [1.807, 2.05) is 12.3 Å². The van der Waals surface area contributed by atoms with Crippen LogP contribution in [0.25, 0.3) is 0 Å². The minimum absolute atomic E-state index is 0.212. The monoisotopic (exact) mass is 282 g/mol. The second-order valence-corrected chi connectivity index (χ2v) is 5.01. The van der Waals surface area contributed by atoms with Gasteiger partial charge in [0.1, 0.15) is 10.8 Å². The highest BCUT2D eigenvalue weighted by atomic mass is 35.5. The Labute approximate surface area is 113 Å². The number of nitrogens with zero attached hydrogens (tertiary/aromatic N) is 2. The van der Waals surface area contributed by atoms with Gasteiger partial charge in [0.05, 0.1) is 17.1 Å². The minimum Gasteiger partial charge on any atom is -0.382 e. The van der Waals surface area contributed by atoms with Gasteiger partial charge in [-0.05, 0) is 13.0 Å². The number of aromatic nitrogens is 2. The molecule has 0 bridgehead atoms. The Morgan fingerprint density at radius 1 is 1.61 bits per heavy atom. The van der Waals surface area contributed by atoms with Gasteiger partial charge in [-0.25, -0.2) is 9.97 Å². The van der Waals surface area contributed by atoms with Crippen molar-refractivity contribution in [1.82, 2.24) is 15.3 Å². The van der Waals surface area contributed by atoms with Crippen LogP contribution in [0.5, 0.6) is 0 Å². The minimum atomic E-state index is -0.253. The molecule has 2 heterocycles. The van der Waals surface area contributed by atoms with Gasteiger partial charge in [-0.3, -0.25) is 4.79 Å². The van der Waals surface area contributed by atoms with Crippen molar-refractivity contribution in [3.05, 3.63) is 38.9 Å². The van der Waals surface area contributed by atoms with Crippen LogP contribution >= 0.6 is 22.9 Å². The van der Waals surface area contributed by atoms with E-state index in [-0.39, 0.29) is 16.7 Å². The van der Waals surface area contributed by atoms with Crippen molar-refractivity contribution in [1.29, 1.82) is 0 Å². The van der Waals surface area contributed by atoms with Crippen LogP contribution in [0.3, 0.4) is 0 Å². The molecule has 7 heteroatoms. The highest BCUT2D eigenvalue weighted by Gasteiger charge is 2.09. The van der Waals surface area contributed by atoms with Crippen LogP contribution in [0, 0.1) is 6.92 Å². The Hall–Kier alpha value is -1.66. The predicted molar refractivity (Wildman–Crippen MR) is 71.7 cm³/mol. The maximum atomic E-state index is 11.8. The van der Waals surface area contributed by atoms with Crippen molar-refractivity contribution in [2.24, 2.45) is 0 Å². The van der Waals surface area contributed by atoms with Crippen LogP contribution in [0.1, 0.15) is 21.1 Å². The third-order valence-corrected chi connectivity index (χ3v) is 3.47. The second-order valence-electron chi connectivity index (χ2n) is 3.66. The molecular weight excluding hydrogens is 272 g/mol. The molecule has 2 rings (SSSR count). The fraction of sp³-hybridized carbons (Fsp3) is 0.182. The van der Waals surface area contributed by atoms with Gasteiger partial charge in [0.15, 0.2) is 0 Å². The van der Waals surface area contributed by atoms with E-state index in [4.69, 9.17) is 17.3 Å². The van der Waals surface area contributed by atoms with E-state index in [0.29, 0.717) is 12.1 Å². The smallest absolute Gasteiger partial charge is 0.253 e. The number of nitrogens with two attached hydrogens (primary N) is 1. The third-order valence-electron chi connectivity index (χ3n) is 2.20. The van der Waals surface area contributed by atoms with E-state index in [1.54, 1.807) is 0 Å². The first-order chi connectivity index (χ1) is 8.56. The number of thiazole rings is 1. The first kappa shape index (κ1) is 12.8. The summed E-state index contributed by atoms with van der Waals surface area (Å²) in [6.45, 7) is 2.30. The Bertz CT molecular complexity index is 584. The van der Waals surface area contributed by atoms with Crippen molar-refractivity contribution in [2.75, 3.05) is 5.73 Å². The molecule has 94 valence electrons. The van der Waals surface area contributed by atoms with Gasteiger partial charge in [-0.2, -0.15) is 0 Å². The van der Waals surface area contributed by atoms with Crippen LogP contribution < -0.4 is 11.1 Å². The molecule has 0 unspecified atom stereocenters. The molecule has 2 aromatic heterocycles. The number of nitrogen functional groups attached to an aromatic ring is 1. The molecule has 0 fully saturated rings. The van der Waals surface area contributed by atoms with E-state index in [2.05, 4.69) is 15.3 Å². The molecule has 0 aliphatic rings. The number of carbonyl (C=O) groups is 1. The van der Waals surface area contributed by atoms with E-state index < -0.39 is 0 Å². The zero-order valence-corrected chi connectivity index (χ0v) is 11.2. The Kier molecular flexibility index (Phi) is 3.78. The lowest BCUT2D eigenvalue weighted by molar-refractivity contribution is 0.0950. The standard InChI is InChI=1S/C11H11ClN4OS/c1-6-5-18-9(16-6)4-15-11(17)7-2-8(12)10(13)14-3-7/h2-3,5H,4H2,1H3,(H2,13,14)(H,15,17). The number of hydrogen-bond donors (Lipinski definition) is 2. The van der Waals surface area contributed by atoms with Gasteiger partial charge >= 0.3 is 0 Å². The summed E-state index contributed by atoms with van der Waals surface area (Å²) >= 11 is 7.31. The van der Waals surface area contributed by atoms with Crippen LogP contribution in [0.4, 0.5) is 5.82 Å². The van der Waals surface area contributed by atoms with Crippen molar-refractivity contribution < 1.29 is 4.79 Å². The van der Waals surface area contributed by atoms with Gasteiger partial charge in [0, 0.05) is 17.3 Å². The molecule has 5 nitrogen and oxygen atoms in total. The van der Waals surface area contributed by atoms with Gasteiger partial charge in [-0.15, -0.1) is 11.3 Å². The molecule has 0 aromatic carbocycles. The molecule has 18 heavy (non-hydrogen) atoms. The number of amides is 1. The third kappa shape index (κ3) is 2.96. The van der Waals surface area contributed by atoms with E-state index >= 15 is 0 Å². The number of halogens is 1. The van der Waals surface area contributed by atoms with Crippen LogP contribution in [0.2, 0.25) is 5.02 Å². The zero-order valence-electron chi connectivity index (χ0n) is 9.61. The van der Waals surface area contributed by atoms with Crippen LogP contribution in [-0.2, 0) is 6.54 Å². The molecule has 0 saturated heterocycles. The molecule has 0 spiro atoms. The fourth-order valence-electron chi connectivity index (χ4n) is 1.31. The average Bonchev–Trinajstić information content (AvgIpc) is 2.75. The topological polar surface area (TPSA) is 80.9 Å². The Morgan fingerprint density at radius 3 is 3.00 bits per heavy atom.